The van der Waals surface area contributed by atoms with Crippen LogP contribution in [0.4, 0.5) is 0 Å². The van der Waals surface area contributed by atoms with E-state index in [0.29, 0.717) is 0 Å². The Morgan fingerprint density at radius 3 is 1.77 bits per heavy atom. The van der Waals surface area contributed by atoms with Crippen LogP contribution in [0.25, 0.3) is 0 Å². The maximum Gasteiger partial charge on any atom is -0.00219 e. The van der Waals surface area contributed by atoms with Crippen LogP contribution in [-0.4, -0.2) is 50.6 Å². The number of nitrogens with zero attached hydrogens (tertiary/aromatic N) is 2. The summed E-state index contributed by atoms with van der Waals surface area (Å²) in [5.74, 6) is 0. The largest absolute Gasteiger partial charge is 0.309 e. The van der Waals surface area contributed by atoms with Crippen LogP contribution in [0.2, 0.25) is 0 Å². The SMILES string of the molecule is CCN(C)CCCCCCN(C)C. The quantitative estimate of drug-likeness (QED) is 0.535. The van der Waals surface area contributed by atoms with Crippen molar-refractivity contribution in [2.75, 3.05) is 40.8 Å². The topological polar surface area (TPSA) is 6.48 Å². The summed E-state index contributed by atoms with van der Waals surface area (Å²) in [6.07, 6.45) is 5.48. The van der Waals surface area contributed by atoms with Crippen molar-refractivity contribution in [2.24, 2.45) is 0 Å². The fraction of sp³-hybridized carbons (Fsp3) is 1.00. The van der Waals surface area contributed by atoms with E-state index in [2.05, 4.69) is 37.9 Å². The zero-order valence-electron chi connectivity index (χ0n) is 9.84. The Balaban J connectivity index is 2.99. The molecule has 0 aliphatic rings. The predicted molar refractivity (Wildman–Crippen MR) is 60.2 cm³/mol. The molecule has 0 aliphatic carbocycles. The third-order valence-electron chi connectivity index (χ3n) is 2.43. The lowest BCUT2D eigenvalue weighted by atomic mass is 10.2. The Kier molecular flexibility index (Phi) is 8.46. The van der Waals surface area contributed by atoms with Crippen LogP contribution >= 0.6 is 0 Å². The van der Waals surface area contributed by atoms with Crippen molar-refractivity contribution in [3.8, 4) is 0 Å². The minimum absolute atomic E-state index is 1.18. The first-order chi connectivity index (χ1) is 6.16. The maximum atomic E-state index is 2.38. The highest BCUT2D eigenvalue weighted by atomic mass is 15.1. The second-order valence-corrected chi connectivity index (χ2v) is 4.11. The molecule has 0 aromatic rings. The lowest BCUT2D eigenvalue weighted by molar-refractivity contribution is 0.336. The van der Waals surface area contributed by atoms with Crippen molar-refractivity contribution in [2.45, 2.75) is 32.6 Å². The maximum absolute atomic E-state index is 2.38. The summed E-state index contributed by atoms with van der Waals surface area (Å²) in [5, 5.41) is 0. The van der Waals surface area contributed by atoms with Gasteiger partial charge in [-0.3, -0.25) is 0 Å². The van der Waals surface area contributed by atoms with Crippen LogP contribution < -0.4 is 0 Å². The monoisotopic (exact) mass is 186 g/mol. The highest BCUT2D eigenvalue weighted by Gasteiger charge is 1.95. The molecule has 2 nitrogen and oxygen atoms in total. The lowest BCUT2D eigenvalue weighted by Gasteiger charge is -2.13. The zero-order chi connectivity index (χ0) is 10.1. The van der Waals surface area contributed by atoms with E-state index >= 15 is 0 Å². The van der Waals surface area contributed by atoms with Gasteiger partial charge in [0.2, 0.25) is 0 Å². The molecule has 80 valence electrons. The minimum atomic E-state index is 1.18. The van der Waals surface area contributed by atoms with Gasteiger partial charge in [0.25, 0.3) is 0 Å². The van der Waals surface area contributed by atoms with Gasteiger partial charge < -0.3 is 9.80 Å². The van der Waals surface area contributed by atoms with Gasteiger partial charge in [0.15, 0.2) is 0 Å². The van der Waals surface area contributed by atoms with Gasteiger partial charge in [0.05, 0.1) is 0 Å². The molecular weight excluding hydrogens is 160 g/mol. The summed E-state index contributed by atoms with van der Waals surface area (Å²) in [6.45, 7) is 5.89. The molecule has 0 bridgehead atoms. The molecular formula is C11H26N2. The molecule has 0 aromatic carbocycles. The normalized spacial score (nSPS) is 11.5. The Bertz CT molecular complexity index is 102. The van der Waals surface area contributed by atoms with Gasteiger partial charge in [-0.05, 0) is 53.6 Å². The highest BCUT2D eigenvalue weighted by molar-refractivity contribution is 4.50. The van der Waals surface area contributed by atoms with E-state index in [0.717, 1.165) is 0 Å². The molecule has 0 spiro atoms. The predicted octanol–water partition coefficient (Wildman–Crippen LogP) is 2.06. The summed E-state index contributed by atoms with van der Waals surface area (Å²) >= 11 is 0. The highest BCUT2D eigenvalue weighted by Crippen LogP contribution is 2.01. The first kappa shape index (κ1) is 12.9. The summed E-state index contributed by atoms with van der Waals surface area (Å²) in [4.78, 5) is 4.64. The summed E-state index contributed by atoms with van der Waals surface area (Å²) in [7, 11) is 6.48. The van der Waals surface area contributed by atoms with Crippen LogP contribution in [0.15, 0.2) is 0 Å². The smallest absolute Gasteiger partial charge is 0.00219 e. The van der Waals surface area contributed by atoms with Crippen LogP contribution in [0, 0.1) is 0 Å². The van der Waals surface area contributed by atoms with E-state index in [9.17, 15) is 0 Å². The molecule has 2 heteroatoms. The zero-order valence-corrected chi connectivity index (χ0v) is 9.84. The Hall–Kier alpha value is -0.0800. The third kappa shape index (κ3) is 9.84. The first-order valence-electron chi connectivity index (χ1n) is 5.50. The second-order valence-electron chi connectivity index (χ2n) is 4.11. The van der Waals surface area contributed by atoms with Gasteiger partial charge in [-0.25, -0.2) is 0 Å². The lowest BCUT2D eigenvalue weighted by Crippen LogP contribution is -2.18. The van der Waals surface area contributed by atoms with Gasteiger partial charge in [-0.1, -0.05) is 19.8 Å². The van der Waals surface area contributed by atoms with Crippen molar-refractivity contribution in [1.82, 2.24) is 9.80 Å². The molecule has 0 saturated carbocycles. The number of hydrogen-bond acceptors (Lipinski definition) is 2. The van der Waals surface area contributed by atoms with Crippen LogP contribution in [0.1, 0.15) is 32.6 Å². The van der Waals surface area contributed by atoms with Crippen molar-refractivity contribution in [1.29, 1.82) is 0 Å². The molecule has 0 radical (unpaired) electrons. The molecule has 0 atom stereocenters. The molecule has 0 aliphatic heterocycles. The van der Waals surface area contributed by atoms with Crippen LogP contribution in [0.5, 0.6) is 0 Å². The fourth-order valence-corrected chi connectivity index (χ4v) is 1.32. The molecule has 0 rings (SSSR count). The van der Waals surface area contributed by atoms with Gasteiger partial charge in [0, 0.05) is 0 Å². The molecule has 13 heavy (non-hydrogen) atoms. The average molecular weight is 186 g/mol. The fourth-order valence-electron chi connectivity index (χ4n) is 1.32. The van der Waals surface area contributed by atoms with Gasteiger partial charge in [-0.15, -0.1) is 0 Å². The van der Waals surface area contributed by atoms with E-state index in [1.165, 1.54) is 45.3 Å². The number of rotatable bonds is 8. The van der Waals surface area contributed by atoms with E-state index < -0.39 is 0 Å². The van der Waals surface area contributed by atoms with Crippen molar-refractivity contribution < 1.29 is 0 Å². The van der Waals surface area contributed by atoms with Crippen LogP contribution in [-0.2, 0) is 0 Å². The number of hydrogen-bond donors (Lipinski definition) is 0. The molecule has 0 unspecified atom stereocenters. The molecule has 0 fully saturated rings. The van der Waals surface area contributed by atoms with Gasteiger partial charge >= 0.3 is 0 Å². The average Bonchev–Trinajstić information content (AvgIpc) is 2.10. The third-order valence-corrected chi connectivity index (χ3v) is 2.43. The van der Waals surface area contributed by atoms with E-state index in [-0.39, 0.29) is 0 Å². The van der Waals surface area contributed by atoms with Gasteiger partial charge in [-0.2, -0.15) is 0 Å². The van der Waals surface area contributed by atoms with E-state index in [1.807, 2.05) is 0 Å². The van der Waals surface area contributed by atoms with Crippen molar-refractivity contribution in [3.63, 3.8) is 0 Å². The summed E-state index contributed by atoms with van der Waals surface area (Å²) < 4.78 is 0. The molecule has 0 saturated heterocycles. The second kappa shape index (κ2) is 8.52. The van der Waals surface area contributed by atoms with E-state index in [4.69, 9.17) is 0 Å². The Morgan fingerprint density at radius 1 is 0.769 bits per heavy atom. The standard InChI is InChI=1S/C11H26N2/c1-5-13(4)11-9-7-6-8-10-12(2)3/h5-11H2,1-4H3. The summed E-state index contributed by atoms with van der Waals surface area (Å²) in [5.41, 5.74) is 0. The Labute approximate surface area is 83.9 Å². The van der Waals surface area contributed by atoms with Crippen LogP contribution in [0.3, 0.4) is 0 Å². The minimum Gasteiger partial charge on any atom is -0.309 e. The molecule has 0 N–H and O–H groups in total. The Morgan fingerprint density at radius 2 is 1.31 bits per heavy atom. The first-order valence-corrected chi connectivity index (χ1v) is 5.50. The van der Waals surface area contributed by atoms with Crippen molar-refractivity contribution >= 4 is 0 Å². The van der Waals surface area contributed by atoms with E-state index in [1.54, 1.807) is 0 Å². The molecule has 0 heterocycles. The van der Waals surface area contributed by atoms with Crippen molar-refractivity contribution in [3.05, 3.63) is 0 Å². The van der Waals surface area contributed by atoms with Gasteiger partial charge in [0.1, 0.15) is 0 Å². The molecule has 0 amide bonds. The number of unbranched alkanes of at least 4 members (excludes halogenated alkanes) is 3. The molecule has 0 aromatic heterocycles. The summed E-state index contributed by atoms with van der Waals surface area (Å²) in [6, 6.07) is 0.